The number of carbonyl (C=O) groups excluding carboxylic acids is 1. The minimum Gasteiger partial charge on any atom is -0.397 e. The summed E-state index contributed by atoms with van der Waals surface area (Å²) in [5.74, 6) is 5.84. The van der Waals surface area contributed by atoms with Gasteiger partial charge in [0, 0.05) is 20.1 Å². The van der Waals surface area contributed by atoms with Gasteiger partial charge in [0.25, 0.3) is 0 Å². The maximum Gasteiger partial charge on any atom is 0.416 e. The van der Waals surface area contributed by atoms with Gasteiger partial charge in [0.1, 0.15) is 0 Å². The number of hydrogen-bond donors (Lipinski definition) is 3. The van der Waals surface area contributed by atoms with E-state index in [9.17, 15) is 18.0 Å². The van der Waals surface area contributed by atoms with E-state index in [1.807, 2.05) is 18.0 Å². The van der Waals surface area contributed by atoms with Crippen LogP contribution >= 0.6 is 0 Å². The molecule has 1 heterocycles. The summed E-state index contributed by atoms with van der Waals surface area (Å²) in [5.41, 5.74) is 8.30. The second-order valence-corrected chi connectivity index (χ2v) is 8.18. The third kappa shape index (κ3) is 5.68. The van der Waals surface area contributed by atoms with Crippen LogP contribution in [0, 0.1) is 5.92 Å². The first-order chi connectivity index (χ1) is 14.5. The van der Waals surface area contributed by atoms with Gasteiger partial charge in [0.05, 0.1) is 23.0 Å². The van der Waals surface area contributed by atoms with Crippen LogP contribution < -0.4 is 21.9 Å². The predicted octanol–water partition coefficient (Wildman–Crippen LogP) is 2.78. The number of hydrazine groups is 1. The van der Waals surface area contributed by atoms with Gasteiger partial charge < -0.3 is 16.1 Å². The van der Waals surface area contributed by atoms with E-state index in [1.54, 1.807) is 19.2 Å². The van der Waals surface area contributed by atoms with Gasteiger partial charge in [-0.3, -0.25) is 9.69 Å². The number of hydrogen-bond acceptors (Lipinski definition) is 5. The second-order valence-electron chi connectivity index (χ2n) is 8.18. The number of likely N-dealkylation sites (tertiary alicyclic amines) is 1. The van der Waals surface area contributed by atoms with E-state index < -0.39 is 11.7 Å². The average molecular weight is 435 g/mol. The number of likely N-dealkylation sites (N-methyl/N-ethyl adjacent to an activating group) is 1. The SMILES string of the molecule is CN(N)c1ccc(CNC(=O)C2CC(Cc3ccc(C(F)(F)F)cc3)CN2C)cc1N. The van der Waals surface area contributed by atoms with Crippen LogP contribution in [0.2, 0.25) is 0 Å². The highest BCUT2D eigenvalue weighted by Gasteiger charge is 2.34. The van der Waals surface area contributed by atoms with Gasteiger partial charge >= 0.3 is 6.18 Å². The Balaban J connectivity index is 1.54. The maximum absolute atomic E-state index is 12.7. The average Bonchev–Trinajstić information content (AvgIpc) is 3.05. The van der Waals surface area contributed by atoms with Gasteiger partial charge in [0.2, 0.25) is 5.91 Å². The van der Waals surface area contributed by atoms with Crippen LogP contribution in [-0.4, -0.2) is 37.5 Å². The zero-order valence-electron chi connectivity index (χ0n) is 17.6. The molecule has 0 saturated carbocycles. The molecule has 2 atom stereocenters. The normalized spacial score (nSPS) is 19.4. The molecule has 1 aliphatic rings. The summed E-state index contributed by atoms with van der Waals surface area (Å²) in [7, 11) is 3.59. The van der Waals surface area contributed by atoms with Crippen molar-refractivity contribution in [2.24, 2.45) is 11.8 Å². The molecule has 1 saturated heterocycles. The molecule has 2 aromatic rings. The van der Waals surface area contributed by atoms with Crippen molar-refractivity contribution >= 4 is 17.3 Å². The fourth-order valence-corrected chi connectivity index (χ4v) is 4.07. The number of rotatable bonds is 6. The molecule has 168 valence electrons. The van der Waals surface area contributed by atoms with Crippen molar-refractivity contribution in [3.8, 4) is 0 Å². The van der Waals surface area contributed by atoms with Gasteiger partial charge in [-0.05, 0) is 61.2 Å². The summed E-state index contributed by atoms with van der Waals surface area (Å²) in [6, 6.07) is 10.4. The first kappa shape index (κ1) is 22.9. The van der Waals surface area contributed by atoms with Gasteiger partial charge in [-0.1, -0.05) is 18.2 Å². The molecule has 1 aliphatic heterocycles. The fraction of sp³-hybridized carbons (Fsp3) is 0.409. The van der Waals surface area contributed by atoms with Crippen LogP contribution in [0.3, 0.4) is 0 Å². The smallest absolute Gasteiger partial charge is 0.397 e. The summed E-state index contributed by atoms with van der Waals surface area (Å²) in [6.45, 7) is 1.06. The lowest BCUT2D eigenvalue weighted by atomic mass is 9.96. The van der Waals surface area contributed by atoms with Crippen LogP contribution in [0.5, 0.6) is 0 Å². The highest BCUT2D eigenvalue weighted by molar-refractivity contribution is 5.82. The van der Waals surface area contributed by atoms with Crippen molar-refractivity contribution in [1.29, 1.82) is 0 Å². The Morgan fingerprint density at radius 2 is 1.84 bits per heavy atom. The van der Waals surface area contributed by atoms with E-state index in [2.05, 4.69) is 5.32 Å². The van der Waals surface area contributed by atoms with E-state index in [0.717, 1.165) is 23.3 Å². The highest BCUT2D eigenvalue weighted by atomic mass is 19.4. The molecular formula is C22H28F3N5O. The number of carbonyl (C=O) groups is 1. The number of alkyl halides is 3. The number of nitrogens with zero attached hydrogens (tertiary/aromatic N) is 2. The van der Waals surface area contributed by atoms with Crippen molar-refractivity contribution < 1.29 is 18.0 Å². The van der Waals surface area contributed by atoms with Crippen molar-refractivity contribution in [3.63, 3.8) is 0 Å². The number of anilines is 2. The van der Waals surface area contributed by atoms with Gasteiger partial charge in [-0.15, -0.1) is 0 Å². The Morgan fingerprint density at radius 3 is 2.42 bits per heavy atom. The van der Waals surface area contributed by atoms with E-state index in [4.69, 9.17) is 11.6 Å². The number of nitrogens with two attached hydrogens (primary N) is 2. The van der Waals surface area contributed by atoms with Gasteiger partial charge in [-0.25, -0.2) is 5.84 Å². The summed E-state index contributed by atoms with van der Waals surface area (Å²) >= 11 is 0. The minimum absolute atomic E-state index is 0.0731. The zero-order chi connectivity index (χ0) is 22.8. The number of nitrogens with one attached hydrogen (secondary N) is 1. The Labute approximate surface area is 180 Å². The zero-order valence-corrected chi connectivity index (χ0v) is 17.6. The monoisotopic (exact) mass is 435 g/mol. The Kier molecular flexibility index (Phi) is 6.76. The molecule has 9 heteroatoms. The van der Waals surface area contributed by atoms with E-state index in [1.165, 1.54) is 17.1 Å². The van der Waals surface area contributed by atoms with Crippen molar-refractivity contribution in [2.75, 3.05) is 31.4 Å². The summed E-state index contributed by atoms with van der Waals surface area (Å²) in [5, 5.41) is 4.38. The van der Waals surface area contributed by atoms with E-state index in [0.29, 0.717) is 37.3 Å². The largest absolute Gasteiger partial charge is 0.416 e. The van der Waals surface area contributed by atoms with E-state index in [-0.39, 0.29) is 17.9 Å². The van der Waals surface area contributed by atoms with Crippen molar-refractivity contribution in [1.82, 2.24) is 10.2 Å². The van der Waals surface area contributed by atoms with Gasteiger partial charge in [0.15, 0.2) is 0 Å². The van der Waals surface area contributed by atoms with Crippen LogP contribution in [-0.2, 0) is 23.9 Å². The standard InChI is InChI=1S/C22H28F3N5O/c1-29-13-16(9-14-3-6-17(7-4-14)22(23,24)25)11-20(29)21(31)28-12-15-5-8-19(30(2)27)18(26)10-15/h3-8,10,16,20H,9,11-13,26-27H2,1-2H3,(H,28,31). The molecule has 5 N–H and O–H groups in total. The molecule has 6 nitrogen and oxygen atoms in total. The number of halogens is 3. The Hall–Kier alpha value is -2.78. The first-order valence-electron chi connectivity index (χ1n) is 10.1. The topological polar surface area (TPSA) is 87.6 Å². The maximum atomic E-state index is 12.7. The molecule has 2 unspecified atom stereocenters. The molecule has 0 spiro atoms. The predicted molar refractivity (Wildman–Crippen MR) is 115 cm³/mol. The molecule has 31 heavy (non-hydrogen) atoms. The molecule has 0 bridgehead atoms. The molecule has 0 radical (unpaired) electrons. The Bertz CT molecular complexity index is 914. The molecule has 2 aromatic carbocycles. The molecule has 0 aromatic heterocycles. The lowest BCUT2D eigenvalue weighted by Gasteiger charge is -2.19. The van der Waals surface area contributed by atoms with Crippen molar-refractivity contribution in [2.45, 2.75) is 31.6 Å². The van der Waals surface area contributed by atoms with Crippen LogP contribution in [0.4, 0.5) is 24.5 Å². The molecule has 0 aliphatic carbocycles. The fourth-order valence-electron chi connectivity index (χ4n) is 4.07. The summed E-state index contributed by atoms with van der Waals surface area (Å²) in [6.07, 6.45) is -3.04. The molecule has 1 fully saturated rings. The summed E-state index contributed by atoms with van der Waals surface area (Å²) in [4.78, 5) is 14.7. The third-order valence-corrected chi connectivity index (χ3v) is 5.68. The first-order valence-corrected chi connectivity index (χ1v) is 10.1. The highest BCUT2D eigenvalue weighted by Crippen LogP contribution is 2.30. The third-order valence-electron chi connectivity index (χ3n) is 5.68. The quantitative estimate of drug-likeness (QED) is 0.369. The van der Waals surface area contributed by atoms with Gasteiger partial charge in [-0.2, -0.15) is 13.2 Å². The summed E-state index contributed by atoms with van der Waals surface area (Å²) < 4.78 is 38.2. The van der Waals surface area contributed by atoms with Crippen LogP contribution in [0.25, 0.3) is 0 Å². The Morgan fingerprint density at radius 1 is 1.19 bits per heavy atom. The number of amides is 1. The second kappa shape index (κ2) is 9.15. The molecule has 3 rings (SSSR count). The lowest BCUT2D eigenvalue weighted by Crippen LogP contribution is -2.41. The molecule has 1 amide bonds. The van der Waals surface area contributed by atoms with E-state index >= 15 is 0 Å². The number of benzene rings is 2. The lowest BCUT2D eigenvalue weighted by molar-refractivity contribution is -0.137. The van der Waals surface area contributed by atoms with Crippen LogP contribution in [0.15, 0.2) is 42.5 Å². The molecular weight excluding hydrogens is 407 g/mol. The minimum atomic E-state index is -4.33. The van der Waals surface area contributed by atoms with Crippen LogP contribution in [0.1, 0.15) is 23.1 Å². The van der Waals surface area contributed by atoms with Crippen molar-refractivity contribution in [3.05, 3.63) is 59.2 Å². The number of nitrogen functional groups attached to an aromatic ring is 1.